The first-order chi connectivity index (χ1) is 6.75. The van der Waals surface area contributed by atoms with Crippen LogP contribution < -0.4 is 0 Å². The average Bonchev–Trinajstić information content (AvgIpc) is 2.64. The molecule has 0 unspecified atom stereocenters. The summed E-state index contributed by atoms with van der Waals surface area (Å²) in [5, 5.41) is 0. The zero-order valence-corrected chi connectivity index (χ0v) is 10.1. The lowest BCUT2D eigenvalue weighted by Crippen LogP contribution is -1.97. The molecule has 0 saturated heterocycles. The van der Waals surface area contributed by atoms with Gasteiger partial charge in [0.05, 0.1) is 6.33 Å². The molecule has 2 aromatic rings. The number of benzene rings is 1. The van der Waals surface area contributed by atoms with Gasteiger partial charge in [0.25, 0.3) is 0 Å². The molecule has 1 heterocycles. The van der Waals surface area contributed by atoms with Gasteiger partial charge in [-0.15, -0.1) is 0 Å². The maximum absolute atomic E-state index is 4.02. The van der Waals surface area contributed by atoms with Crippen LogP contribution in [0, 0.1) is 10.5 Å². The lowest BCUT2D eigenvalue weighted by molar-refractivity contribution is 0.796. The van der Waals surface area contributed by atoms with Crippen LogP contribution in [-0.4, -0.2) is 9.55 Å². The smallest absolute Gasteiger partial charge is 0.0949 e. The summed E-state index contributed by atoms with van der Waals surface area (Å²) in [4.78, 5) is 4.02. The van der Waals surface area contributed by atoms with Crippen molar-refractivity contribution in [1.29, 1.82) is 0 Å². The molecule has 3 heteroatoms. The van der Waals surface area contributed by atoms with E-state index >= 15 is 0 Å². The Hall–Kier alpha value is -0.840. The molecule has 1 aromatic heterocycles. The lowest BCUT2D eigenvalue weighted by atomic mass is 10.1. The number of nitrogens with zero attached hydrogens (tertiary/aromatic N) is 2. The van der Waals surface area contributed by atoms with Crippen LogP contribution in [0.2, 0.25) is 0 Å². The fourth-order valence-corrected chi connectivity index (χ4v) is 1.91. The van der Waals surface area contributed by atoms with E-state index in [2.05, 4.69) is 57.3 Å². The SMILES string of the molecule is Cc1ccc(Cn2ccnc2)cc1I. The highest BCUT2D eigenvalue weighted by atomic mass is 127. The topological polar surface area (TPSA) is 17.8 Å². The molecular formula is C11H11IN2. The minimum Gasteiger partial charge on any atom is -0.333 e. The molecule has 2 nitrogen and oxygen atoms in total. The summed E-state index contributed by atoms with van der Waals surface area (Å²) in [5.74, 6) is 0. The maximum Gasteiger partial charge on any atom is 0.0949 e. The van der Waals surface area contributed by atoms with Gasteiger partial charge in [0, 0.05) is 22.5 Å². The van der Waals surface area contributed by atoms with Crippen LogP contribution in [0.25, 0.3) is 0 Å². The number of halogens is 1. The van der Waals surface area contributed by atoms with Crippen LogP contribution in [-0.2, 0) is 6.54 Å². The predicted octanol–water partition coefficient (Wildman–Crippen LogP) is 2.84. The zero-order chi connectivity index (χ0) is 9.97. The van der Waals surface area contributed by atoms with Gasteiger partial charge < -0.3 is 4.57 Å². The Morgan fingerprint density at radius 3 is 2.93 bits per heavy atom. The number of imidazole rings is 1. The third-order valence-corrected chi connectivity index (χ3v) is 3.32. The number of aryl methyl sites for hydroxylation is 1. The molecule has 0 bridgehead atoms. The molecule has 0 amide bonds. The fraction of sp³-hybridized carbons (Fsp3) is 0.182. The van der Waals surface area contributed by atoms with Crippen molar-refractivity contribution in [2.24, 2.45) is 0 Å². The Morgan fingerprint density at radius 1 is 1.43 bits per heavy atom. The average molecular weight is 298 g/mol. The summed E-state index contributed by atoms with van der Waals surface area (Å²) in [6.07, 6.45) is 5.62. The first-order valence-corrected chi connectivity index (χ1v) is 5.54. The lowest BCUT2D eigenvalue weighted by Gasteiger charge is -2.04. The van der Waals surface area contributed by atoms with Gasteiger partial charge in [0.1, 0.15) is 0 Å². The predicted molar refractivity (Wildman–Crippen MR) is 65.2 cm³/mol. The Labute approximate surface area is 97.1 Å². The van der Waals surface area contributed by atoms with Crippen LogP contribution in [0.4, 0.5) is 0 Å². The van der Waals surface area contributed by atoms with Gasteiger partial charge in [0.2, 0.25) is 0 Å². The molecule has 0 aliphatic rings. The van der Waals surface area contributed by atoms with Crippen LogP contribution in [0.15, 0.2) is 36.9 Å². The van der Waals surface area contributed by atoms with Crippen molar-refractivity contribution in [2.75, 3.05) is 0 Å². The fourth-order valence-electron chi connectivity index (χ4n) is 1.33. The Morgan fingerprint density at radius 2 is 2.29 bits per heavy atom. The van der Waals surface area contributed by atoms with E-state index in [1.165, 1.54) is 14.7 Å². The maximum atomic E-state index is 4.02. The molecule has 0 N–H and O–H groups in total. The monoisotopic (exact) mass is 298 g/mol. The van der Waals surface area contributed by atoms with Crippen molar-refractivity contribution in [2.45, 2.75) is 13.5 Å². The van der Waals surface area contributed by atoms with Crippen molar-refractivity contribution < 1.29 is 0 Å². The van der Waals surface area contributed by atoms with E-state index < -0.39 is 0 Å². The standard InChI is InChI=1S/C11H11IN2/c1-9-2-3-10(6-11(9)12)7-14-5-4-13-8-14/h2-6,8H,7H2,1H3. The van der Waals surface area contributed by atoms with Crippen LogP contribution in [0.5, 0.6) is 0 Å². The van der Waals surface area contributed by atoms with E-state index in [9.17, 15) is 0 Å². The molecule has 0 spiro atoms. The minimum atomic E-state index is 0.899. The second kappa shape index (κ2) is 4.13. The van der Waals surface area contributed by atoms with Crippen molar-refractivity contribution in [1.82, 2.24) is 9.55 Å². The summed E-state index contributed by atoms with van der Waals surface area (Å²) < 4.78 is 3.39. The van der Waals surface area contributed by atoms with Crippen LogP contribution in [0.3, 0.4) is 0 Å². The summed E-state index contributed by atoms with van der Waals surface area (Å²) in [7, 11) is 0. The molecule has 2 rings (SSSR count). The first kappa shape index (κ1) is 9.71. The summed E-state index contributed by atoms with van der Waals surface area (Å²) >= 11 is 2.37. The number of aromatic nitrogens is 2. The normalized spacial score (nSPS) is 10.4. The van der Waals surface area contributed by atoms with E-state index in [1.807, 2.05) is 12.5 Å². The Kier molecular flexibility index (Phi) is 2.86. The largest absolute Gasteiger partial charge is 0.333 e. The molecule has 72 valence electrons. The molecule has 14 heavy (non-hydrogen) atoms. The van der Waals surface area contributed by atoms with E-state index in [-0.39, 0.29) is 0 Å². The second-order valence-corrected chi connectivity index (χ2v) is 4.48. The molecule has 0 aliphatic carbocycles. The Balaban J connectivity index is 2.22. The molecule has 0 saturated carbocycles. The molecule has 0 radical (unpaired) electrons. The van der Waals surface area contributed by atoms with Gasteiger partial charge >= 0.3 is 0 Å². The number of hydrogen-bond acceptors (Lipinski definition) is 1. The van der Waals surface area contributed by atoms with Gasteiger partial charge in [-0.25, -0.2) is 4.98 Å². The second-order valence-electron chi connectivity index (χ2n) is 3.32. The van der Waals surface area contributed by atoms with Crippen LogP contribution >= 0.6 is 22.6 Å². The van der Waals surface area contributed by atoms with E-state index in [0.717, 1.165) is 6.54 Å². The number of rotatable bonds is 2. The summed E-state index contributed by atoms with van der Waals surface area (Å²) in [5.41, 5.74) is 2.65. The summed E-state index contributed by atoms with van der Waals surface area (Å²) in [6, 6.07) is 6.54. The molecule has 1 aromatic carbocycles. The highest BCUT2D eigenvalue weighted by Crippen LogP contribution is 2.14. The summed E-state index contributed by atoms with van der Waals surface area (Å²) in [6.45, 7) is 3.03. The van der Waals surface area contributed by atoms with Gasteiger partial charge in [-0.3, -0.25) is 0 Å². The van der Waals surface area contributed by atoms with Gasteiger partial charge in [-0.05, 0) is 46.7 Å². The van der Waals surface area contributed by atoms with E-state index in [4.69, 9.17) is 0 Å². The van der Waals surface area contributed by atoms with Gasteiger partial charge in [-0.1, -0.05) is 12.1 Å². The van der Waals surface area contributed by atoms with Crippen molar-refractivity contribution in [3.63, 3.8) is 0 Å². The third kappa shape index (κ3) is 2.15. The zero-order valence-electron chi connectivity index (χ0n) is 7.94. The van der Waals surface area contributed by atoms with Gasteiger partial charge in [0.15, 0.2) is 0 Å². The van der Waals surface area contributed by atoms with Crippen molar-refractivity contribution >= 4 is 22.6 Å². The quantitative estimate of drug-likeness (QED) is 0.780. The molecule has 0 aliphatic heterocycles. The highest BCUT2D eigenvalue weighted by Gasteiger charge is 1.97. The molecular weight excluding hydrogens is 287 g/mol. The number of hydrogen-bond donors (Lipinski definition) is 0. The van der Waals surface area contributed by atoms with E-state index in [1.54, 1.807) is 6.20 Å². The van der Waals surface area contributed by atoms with Crippen LogP contribution in [0.1, 0.15) is 11.1 Å². The van der Waals surface area contributed by atoms with E-state index in [0.29, 0.717) is 0 Å². The molecule has 0 fully saturated rings. The van der Waals surface area contributed by atoms with Crippen molar-refractivity contribution in [3.8, 4) is 0 Å². The van der Waals surface area contributed by atoms with Crippen molar-refractivity contribution in [3.05, 3.63) is 51.6 Å². The Bertz CT molecular complexity index is 421. The first-order valence-electron chi connectivity index (χ1n) is 4.46. The third-order valence-electron chi connectivity index (χ3n) is 2.16. The highest BCUT2D eigenvalue weighted by molar-refractivity contribution is 14.1. The van der Waals surface area contributed by atoms with Gasteiger partial charge in [-0.2, -0.15) is 0 Å². The minimum absolute atomic E-state index is 0.899. The molecule has 0 atom stereocenters.